The molecule has 0 radical (unpaired) electrons. The Kier molecular flexibility index (Phi) is 2.72. The predicted octanol–water partition coefficient (Wildman–Crippen LogP) is 3.55. The fourth-order valence-electron chi connectivity index (χ4n) is 1.43. The summed E-state index contributed by atoms with van der Waals surface area (Å²) in [5.41, 5.74) is 0. The molecule has 0 N–H and O–H groups in total. The highest BCUT2D eigenvalue weighted by Crippen LogP contribution is 2.37. The number of ether oxygens (including phenoxy) is 1. The van der Waals surface area contributed by atoms with E-state index in [9.17, 15) is 0 Å². The molecular formula is C10H8BrNOS2. The molecule has 1 aliphatic rings. The van der Waals surface area contributed by atoms with Gasteiger partial charge >= 0.3 is 0 Å². The van der Waals surface area contributed by atoms with Crippen LogP contribution in [0.5, 0.6) is 0 Å². The minimum absolute atomic E-state index is 0.587. The third kappa shape index (κ3) is 1.82. The Morgan fingerprint density at radius 3 is 3.13 bits per heavy atom. The minimum Gasteiger partial charge on any atom is -0.379 e. The van der Waals surface area contributed by atoms with Crippen molar-refractivity contribution in [1.29, 1.82) is 0 Å². The number of aromatic nitrogens is 1. The van der Waals surface area contributed by atoms with Gasteiger partial charge in [0.1, 0.15) is 5.03 Å². The van der Waals surface area contributed by atoms with Gasteiger partial charge in [-0.1, -0.05) is 11.8 Å². The van der Waals surface area contributed by atoms with Crippen LogP contribution in [0, 0.1) is 0 Å². The van der Waals surface area contributed by atoms with Crippen molar-refractivity contribution in [2.75, 3.05) is 13.2 Å². The molecule has 0 bridgehead atoms. The Hall–Kier alpha value is -0.100. The Balaban J connectivity index is 2.02. The largest absolute Gasteiger partial charge is 0.379 e. The molecule has 0 saturated carbocycles. The number of rotatable bonds is 2. The van der Waals surface area contributed by atoms with Gasteiger partial charge in [0.2, 0.25) is 0 Å². The van der Waals surface area contributed by atoms with Crippen LogP contribution in [0.4, 0.5) is 0 Å². The van der Waals surface area contributed by atoms with Crippen LogP contribution >= 0.6 is 39.0 Å². The van der Waals surface area contributed by atoms with E-state index in [0.717, 1.165) is 22.7 Å². The number of hydrogen-bond donors (Lipinski definition) is 0. The lowest BCUT2D eigenvalue weighted by atomic mass is 10.3. The van der Waals surface area contributed by atoms with Crippen molar-refractivity contribution in [2.24, 2.45) is 0 Å². The molecule has 0 aromatic carbocycles. The Morgan fingerprint density at radius 1 is 1.53 bits per heavy atom. The van der Waals surface area contributed by atoms with Gasteiger partial charge in [-0.3, -0.25) is 0 Å². The molecule has 3 rings (SSSR count). The molecule has 78 valence electrons. The van der Waals surface area contributed by atoms with Crippen LogP contribution in [0.2, 0.25) is 0 Å². The van der Waals surface area contributed by atoms with Gasteiger partial charge in [0.15, 0.2) is 0 Å². The molecule has 0 spiro atoms. The third-order valence-corrected chi connectivity index (χ3v) is 5.12. The molecular weight excluding hydrogens is 294 g/mol. The maximum absolute atomic E-state index is 5.17. The lowest BCUT2D eigenvalue weighted by molar-refractivity contribution is 0.0455. The summed E-state index contributed by atoms with van der Waals surface area (Å²) in [5.74, 6) is 0. The molecule has 1 fully saturated rings. The second-order valence-corrected chi connectivity index (χ2v) is 6.41. The van der Waals surface area contributed by atoms with E-state index in [1.807, 2.05) is 18.0 Å². The number of nitrogens with zero attached hydrogens (tertiary/aromatic N) is 1. The average Bonchev–Trinajstić information content (AvgIpc) is 2.63. The molecule has 0 unspecified atom stereocenters. The number of hydrogen-bond acceptors (Lipinski definition) is 4. The summed E-state index contributed by atoms with van der Waals surface area (Å²) in [6, 6.07) is 2.13. The summed E-state index contributed by atoms with van der Waals surface area (Å²) in [7, 11) is 0. The van der Waals surface area contributed by atoms with Gasteiger partial charge in [-0.15, -0.1) is 11.3 Å². The van der Waals surface area contributed by atoms with E-state index in [4.69, 9.17) is 4.74 Å². The highest BCUT2D eigenvalue weighted by molar-refractivity contribution is 9.10. The van der Waals surface area contributed by atoms with Gasteiger partial charge in [0, 0.05) is 16.1 Å². The molecule has 2 aromatic heterocycles. The van der Waals surface area contributed by atoms with Crippen molar-refractivity contribution in [3.05, 3.63) is 22.1 Å². The first-order valence-electron chi connectivity index (χ1n) is 4.60. The SMILES string of the molecule is Brc1cnc(SC2COC2)c2sccc12. The lowest BCUT2D eigenvalue weighted by Gasteiger charge is -2.24. The van der Waals surface area contributed by atoms with E-state index in [-0.39, 0.29) is 0 Å². The normalized spacial score (nSPS) is 16.9. The Bertz CT molecular complexity index is 495. The molecule has 2 aromatic rings. The van der Waals surface area contributed by atoms with Crippen molar-refractivity contribution < 1.29 is 4.74 Å². The van der Waals surface area contributed by atoms with Gasteiger partial charge in [-0.2, -0.15) is 0 Å². The maximum Gasteiger partial charge on any atom is 0.114 e. The lowest BCUT2D eigenvalue weighted by Crippen LogP contribution is -2.30. The molecule has 5 heteroatoms. The molecule has 0 amide bonds. The molecule has 1 saturated heterocycles. The van der Waals surface area contributed by atoms with E-state index < -0.39 is 0 Å². The smallest absolute Gasteiger partial charge is 0.114 e. The number of fused-ring (bicyclic) bond motifs is 1. The van der Waals surface area contributed by atoms with Crippen molar-refractivity contribution in [3.8, 4) is 0 Å². The number of thiophene rings is 1. The highest BCUT2D eigenvalue weighted by Gasteiger charge is 2.21. The van der Waals surface area contributed by atoms with E-state index in [1.165, 1.54) is 10.1 Å². The predicted molar refractivity (Wildman–Crippen MR) is 67.8 cm³/mol. The molecule has 0 aliphatic carbocycles. The van der Waals surface area contributed by atoms with Crippen molar-refractivity contribution in [1.82, 2.24) is 4.98 Å². The summed E-state index contributed by atoms with van der Waals surface area (Å²) in [6.07, 6.45) is 1.89. The maximum atomic E-state index is 5.17. The van der Waals surface area contributed by atoms with Gasteiger partial charge in [-0.05, 0) is 27.4 Å². The van der Waals surface area contributed by atoms with Gasteiger partial charge < -0.3 is 4.74 Å². The summed E-state index contributed by atoms with van der Waals surface area (Å²) in [5, 5.41) is 5.09. The second kappa shape index (κ2) is 4.05. The number of pyridine rings is 1. The first kappa shape index (κ1) is 10.1. The zero-order valence-electron chi connectivity index (χ0n) is 7.77. The van der Waals surface area contributed by atoms with Crippen LogP contribution in [0.25, 0.3) is 10.1 Å². The monoisotopic (exact) mass is 301 g/mol. The summed E-state index contributed by atoms with van der Waals surface area (Å²) in [4.78, 5) is 4.47. The van der Waals surface area contributed by atoms with Gasteiger partial charge in [0.05, 0.1) is 23.2 Å². The van der Waals surface area contributed by atoms with Gasteiger partial charge in [0.25, 0.3) is 0 Å². The number of thioether (sulfide) groups is 1. The highest BCUT2D eigenvalue weighted by atomic mass is 79.9. The van der Waals surface area contributed by atoms with E-state index >= 15 is 0 Å². The summed E-state index contributed by atoms with van der Waals surface area (Å²) < 4.78 is 7.53. The first-order chi connectivity index (χ1) is 7.34. The van der Waals surface area contributed by atoms with E-state index in [0.29, 0.717) is 5.25 Å². The van der Waals surface area contributed by atoms with Crippen LogP contribution in [0.15, 0.2) is 27.1 Å². The zero-order chi connectivity index (χ0) is 10.3. The van der Waals surface area contributed by atoms with Crippen LogP contribution in [-0.2, 0) is 4.74 Å². The fourth-order valence-corrected chi connectivity index (χ4v) is 4.06. The Labute approximate surface area is 104 Å². The Morgan fingerprint density at radius 2 is 2.40 bits per heavy atom. The zero-order valence-corrected chi connectivity index (χ0v) is 11.0. The fraction of sp³-hybridized carbons (Fsp3) is 0.300. The van der Waals surface area contributed by atoms with Crippen LogP contribution in [-0.4, -0.2) is 23.4 Å². The quantitative estimate of drug-likeness (QED) is 0.847. The summed E-state index contributed by atoms with van der Waals surface area (Å²) >= 11 is 7.09. The topological polar surface area (TPSA) is 22.1 Å². The number of halogens is 1. The van der Waals surface area contributed by atoms with Crippen LogP contribution < -0.4 is 0 Å². The average molecular weight is 302 g/mol. The summed E-state index contributed by atoms with van der Waals surface area (Å²) in [6.45, 7) is 1.71. The van der Waals surface area contributed by atoms with Crippen LogP contribution in [0.3, 0.4) is 0 Å². The molecule has 2 nitrogen and oxygen atoms in total. The van der Waals surface area contributed by atoms with Crippen molar-refractivity contribution in [3.63, 3.8) is 0 Å². The molecule has 0 atom stereocenters. The van der Waals surface area contributed by atoms with E-state index in [2.05, 4.69) is 32.4 Å². The third-order valence-electron chi connectivity index (χ3n) is 2.30. The van der Waals surface area contributed by atoms with Crippen molar-refractivity contribution in [2.45, 2.75) is 10.3 Å². The molecule has 3 heterocycles. The van der Waals surface area contributed by atoms with Gasteiger partial charge in [-0.25, -0.2) is 4.98 Å². The van der Waals surface area contributed by atoms with Crippen LogP contribution in [0.1, 0.15) is 0 Å². The standard InChI is InChI=1S/C10H8BrNOS2/c11-8-3-12-10(15-6-4-13-5-6)9-7(8)1-2-14-9/h1-3,6H,4-5H2. The van der Waals surface area contributed by atoms with E-state index in [1.54, 1.807) is 11.3 Å². The second-order valence-electron chi connectivity index (χ2n) is 3.35. The van der Waals surface area contributed by atoms with Crippen molar-refractivity contribution >= 4 is 49.1 Å². The first-order valence-corrected chi connectivity index (χ1v) is 7.16. The molecule has 1 aliphatic heterocycles. The minimum atomic E-state index is 0.587. The molecule has 15 heavy (non-hydrogen) atoms.